The zero-order chi connectivity index (χ0) is 27.3. The van der Waals surface area contributed by atoms with Crippen molar-refractivity contribution in [3.63, 3.8) is 0 Å². The topological polar surface area (TPSA) is 160 Å². The van der Waals surface area contributed by atoms with Gasteiger partial charge in [0.2, 0.25) is 0 Å². The van der Waals surface area contributed by atoms with Crippen LogP contribution in [0, 0.1) is 0 Å². The molecule has 0 aliphatic carbocycles. The van der Waals surface area contributed by atoms with Crippen LogP contribution >= 0.6 is 0 Å². The summed E-state index contributed by atoms with van der Waals surface area (Å²) in [4.78, 5) is 67.8. The third-order valence-electron chi connectivity index (χ3n) is 5.22. The molecular weight excluding hydrogens is 488 g/mol. The summed E-state index contributed by atoms with van der Waals surface area (Å²) >= 11 is 0. The van der Waals surface area contributed by atoms with Crippen LogP contribution in [-0.2, 0) is 42.9 Å². The summed E-state index contributed by atoms with van der Waals surface area (Å²) in [6.07, 6.45) is -4.40. The maximum atomic E-state index is 12.5. The molecule has 0 aliphatic heterocycles. The van der Waals surface area contributed by atoms with Crippen LogP contribution in [0.5, 0.6) is 0 Å². The van der Waals surface area contributed by atoms with Gasteiger partial charge in [-0.05, 0) is 12.1 Å². The van der Waals surface area contributed by atoms with E-state index in [-0.39, 0.29) is 11.4 Å². The molecule has 0 fully saturated rings. The summed E-state index contributed by atoms with van der Waals surface area (Å²) in [7, 11) is 1.18. The predicted octanol–water partition coefficient (Wildman–Crippen LogP) is 2.53. The number of nitrogens with one attached hydrogen (secondary N) is 1. The van der Waals surface area contributed by atoms with Crippen LogP contribution in [0.4, 0.5) is 0 Å². The summed E-state index contributed by atoms with van der Waals surface area (Å²) < 4.78 is 26.2. The molecule has 2 heterocycles. The maximum Gasteiger partial charge on any atom is 0.356 e. The smallest absolute Gasteiger partial charge is 0.356 e. The number of nitrogens with zero attached hydrogens (tertiary/aromatic N) is 1. The molecule has 3 rings (SSSR count). The van der Waals surface area contributed by atoms with E-state index in [1.165, 1.54) is 13.2 Å². The summed E-state index contributed by atoms with van der Waals surface area (Å²) in [5, 5.41) is 1.28. The standard InChI is InChI=1S/C25H26N2O10/c1-12(28)34-11-20(35-13(2)29)23(36-14(3)30)24(37-15(4)31)22-21-17(10-19(27-22)25(32)33-5)16-8-6-7-9-18(16)26-21/h6-10,20,23-24,26H,11H2,1-5H3/t20-,23+,24+/m1/s1. The number of benzene rings is 1. The van der Waals surface area contributed by atoms with E-state index in [4.69, 9.17) is 23.7 Å². The van der Waals surface area contributed by atoms with Crippen LogP contribution in [0.15, 0.2) is 30.3 Å². The molecule has 12 nitrogen and oxygen atoms in total. The fraction of sp³-hybridized carbons (Fsp3) is 0.360. The molecule has 0 saturated heterocycles. The Morgan fingerprint density at radius 2 is 1.51 bits per heavy atom. The van der Waals surface area contributed by atoms with E-state index >= 15 is 0 Å². The van der Waals surface area contributed by atoms with Gasteiger partial charge >= 0.3 is 29.8 Å². The van der Waals surface area contributed by atoms with Gasteiger partial charge in [-0.3, -0.25) is 19.2 Å². The Kier molecular flexibility index (Phi) is 8.43. The zero-order valence-electron chi connectivity index (χ0n) is 20.9. The van der Waals surface area contributed by atoms with Gasteiger partial charge in [0.15, 0.2) is 18.3 Å². The molecule has 1 aromatic carbocycles. The molecule has 12 heteroatoms. The van der Waals surface area contributed by atoms with Gasteiger partial charge in [0.1, 0.15) is 18.0 Å². The quantitative estimate of drug-likeness (QED) is 0.330. The van der Waals surface area contributed by atoms with Crippen molar-refractivity contribution in [1.82, 2.24) is 9.97 Å². The van der Waals surface area contributed by atoms with Gasteiger partial charge in [-0.2, -0.15) is 0 Å². The molecule has 1 N–H and O–H groups in total. The predicted molar refractivity (Wildman–Crippen MR) is 127 cm³/mol. The Balaban J connectivity index is 2.32. The monoisotopic (exact) mass is 514 g/mol. The second-order valence-electron chi connectivity index (χ2n) is 8.03. The van der Waals surface area contributed by atoms with E-state index < -0.39 is 54.8 Å². The minimum absolute atomic E-state index is 0.00414. The van der Waals surface area contributed by atoms with Gasteiger partial charge < -0.3 is 28.7 Å². The number of aromatic amines is 1. The molecule has 196 valence electrons. The van der Waals surface area contributed by atoms with E-state index in [0.29, 0.717) is 16.4 Å². The number of pyridine rings is 1. The Morgan fingerprint density at radius 3 is 2.11 bits per heavy atom. The molecule has 0 amide bonds. The lowest BCUT2D eigenvalue weighted by molar-refractivity contribution is -0.190. The van der Waals surface area contributed by atoms with E-state index in [1.807, 2.05) is 6.07 Å². The molecule has 0 aliphatic rings. The molecule has 0 spiro atoms. The van der Waals surface area contributed by atoms with Crippen molar-refractivity contribution >= 4 is 51.7 Å². The highest BCUT2D eigenvalue weighted by atomic mass is 16.6. The van der Waals surface area contributed by atoms with E-state index in [0.717, 1.165) is 33.1 Å². The lowest BCUT2D eigenvalue weighted by Gasteiger charge is -2.31. The van der Waals surface area contributed by atoms with Crippen molar-refractivity contribution in [2.45, 2.75) is 46.0 Å². The molecule has 0 saturated carbocycles. The van der Waals surface area contributed by atoms with Crippen LogP contribution in [0.3, 0.4) is 0 Å². The SMILES string of the molecule is COC(=O)c1cc2c([nH]c3ccccc32)c([C@H](OC(C)=O)[C@@H](OC(C)=O)[C@@H](COC(C)=O)OC(C)=O)n1. The summed E-state index contributed by atoms with van der Waals surface area (Å²) in [6, 6.07) is 8.72. The number of carbonyl (C=O) groups excluding carboxylic acids is 5. The number of carbonyl (C=O) groups is 5. The summed E-state index contributed by atoms with van der Waals surface area (Å²) in [6.45, 7) is 3.96. The van der Waals surface area contributed by atoms with Gasteiger partial charge in [-0.15, -0.1) is 0 Å². The lowest BCUT2D eigenvalue weighted by atomic mass is 10.0. The highest BCUT2D eigenvalue weighted by molar-refractivity contribution is 6.09. The highest BCUT2D eigenvalue weighted by Gasteiger charge is 2.41. The molecule has 3 aromatic rings. The van der Waals surface area contributed by atoms with Crippen molar-refractivity contribution in [1.29, 1.82) is 0 Å². The van der Waals surface area contributed by atoms with E-state index in [2.05, 4.69) is 9.97 Å². The zero-order valence-corrected chi connectivity index (χ0v) is 20.9. The fourth-order valence-electron chi connectivity index (χ4n) is 3.88. The number of hydrogen-bond acceptors (Lipinski definition) is 11. The Bertz CT molecular complexity index is 1360. The average molecular weight is 514 g/mol. The Hall–Kier alpha value is -4.48. The fourth-order valence-corrected chi connectivity index (χ4v) is 3.88. The van der Waals surface area contributed by atoms with Crippen LogP contribution in [0.2, 0.25) is 0 Å². The first kappa shape index (κ1) is 27.1. The molecule has 37 heavy (non-hydrogen) atoms. The summed E-state index contributed by atoms with van der Waals surface area (Å²) in [5.41, 5.74) is 0.934. The van der Waals surface area contributed by atoms with Crippen LogP contribution in [0.1, 0.15) is 50.0 Å². The van der Waals surface area contributed by atoms with Crippen LogP contribution < -0.4 is 0 Å². The molecule has 0 unspecified atom stereocenters. The second kappa shape index (κ2) is 11.5. The van der Waals surface area contributed by atoms with Gasteiger partial charge in [-0.25, -0.2) is 9.78 Å². The van der Waals surface area contributed by atoms with Crippen molar-refractivity contribution < 1.29 is 47.7 Å². The number of hydrogen-bond donors (Lipinski definition) is 1. The molecule has 0 radical (unpaired) electrons. The number of H-pyrrole nitrogens is 1. The number of ether oxygens (including phenoxy) is 5. The Morgan fingerprint density at radius 1 is 0.865 bits per heavy atom. The summed E-state index contributed by atoms with van der Waals surface area (Å²) in [5.74, 6) is -3.82. The largest absolute Gasteiger partial charge is 0.464 e. The number of methoxy groups -OCH3 is 1. The average Bonchev–Trinajstić information content (AvgIpc) is 3.21. The minimum Gasteiger partial charge on any atom is -0.464 e. The highest BCUT2D eigenvalue weighted by Crippen LogP contribution is 2.35. The minimum atomic E-state index is -1.51. The van der Waals surface area contributed by atoms with Gasteiger partial charge in [-0.1, -0.05) is 18.2 Å². The molecule has 2 aromatic heterocycles. The van der Waals surface area contributed by atoms with E-state index in [9.17, 15) is 24.0 Å². The van der Waals surface area contributed by atoms with Crippen LogP contribution in [-0.4, -0.2) is 65.7 Å². The first-order chi connectivity index (χ1) is 17.5. The number of para-hydroxylation sites is 1. The third kappa shape index (κ3) is 6.40. The van der Waals surface area contributed by atoms with Crippen molar-refractivity contribution in [3.05, 3.63) is 41.7 Å². The molecule has 3 atom stereocenters. The number of fused-ring (bicyclic) bond motifs is 3. The third-order valence-corrected chi connectivity index (χ3v) is 5.22. The first-order valence-electron chi connectivity index (χ1n) is 11.2. The first-order valence-corrected chi connectivity index (χ1v) is 11.2. The Labute approximate surface area is 211 Å². The molecule has 0 bridgehead atoms. The normalized spacial score (nSPS) is 13.3. The molecular formula is C25H26N2O10. The number of esters is 5. The van der Waals surface area contributed by atoms with Gasteiger partial charge in [0.05, 0.1) is 12.6 Å². The van der Waals surface area contributed by atoms with Crippen molar-refractivity contribution in [2.24, 2.45) is 0 Å². The maximum absolute atomic E-state index is 12.5. The van der Waals surface area contributed by atoms with Gasteiger partial charge in [0.25, 0.3) is 0 Å². The second-order valence-corrected chi connectivity index (χ2v) is 8.03. The lowest BCUT2D eigenvalue weighted by Crippen LogP contribution is -2.44. The van der Waals surface area contributed by atoms with Gasteiger partial charge in [0, 0.05) is 44.0 Å². The van der Waals surface area contributed by atoms with E-state index in [1.54, 1.807) is 18.2 Å². The number of rotatable bonds is 9. The number of aromatic nitrogens is 2. The van der Waals surface area contributed by atoms with Crippen LogP contribution in [0.25, 0.3) is 21.8 Å². The van der Waals surface area contributed by atoms with Crippen molar-refractivity contribution in [2.75, 3.05) is 13.7 Å². The van der Waals surface area contributed by atoms with Crippen molar-refractivity contribution in [3.8, 4) is 0 Å².